The standard InChI is InChI=1S/C24H32ClN5O3S/c1-34-22(21(31)16-28-12-9-17-5-2-3-6-18(17)14-28)13-26-24(33)29-11-4-7-19(15-29)30-23(32)20(25)8-10-27-30/h2-3,5-6,8,10,19,21-22,31H,4,7,9,11-16H2,1H3,(H,26,33). The molecule has 2 N–H and O–H groups in total. The molecule has 1 saturated heterocycles. The van der Waals surface area contributed by atoms with Gasteiger partial charge in [0.2, 0.25) is 0 Å². The van der Waals surface area contributed by atoms with Gasteiger partial charge in [-0.25, -0.2) is 9.48 Å². The van der Waals surface area contributed by atoms with Crippen LogP contribution in [0.1, 0.15) is 30.0 Å². The van der Waals surface area contributed by atoms with E-state index in [1.54, 1.807) is 16.7 Å². The fraction of sp³-hybridized carbons (Fsp3) is 0.542. The first-order valence-corrected chi connectivity index (χ1v) is 13.4. The van der Waals surface area contributed by atoms with E-state index in [1.165, 1.54) is 28.1 Å². The molecule has 3 atom stereocenters. The molecule has 0 spiro atoms. The normalized spacial score (nSPS) is 20.4. The Balaban J connectivity index is 1.29. The molecule has 3 heterocycles. The van der Waals surface area contributed by atoms with Crippen molar-refractivity contribution in [1.82, 2.24) is 24.9 Å². The maximum atomic E-state index is 12.9. The van der Waals surface area contributed by atoms with Crippen molar-refractivity contribution in [3.8, 4) is 0 Å². The predicted molar refractivity (Wildman–Crippen MR) is 135 cm³/mol. The average Bonchev–Trinajstić information content (AvgIpc) is 2.86. The number of nitrogens with zero attached hydrogens (tertiary/aromatic N) is 4. The highest BCUT2D eigenvalue weighted by atomic mass is 35.5. The fourth-order valence-corrected chi connectivity index (χ4v) is 5.56. The summed E-state index contributed by atoms with van der Waals surface area (Å²) in [5.74, 6) is 0. The Kier molecular flexibility index (Phi) is 8.52. The Morgan fingerprint density at radius 1 is 1.29 bits per heavy atom. The molecule has 2 aliphatic heterocycles. The van der Waals surface area contributed by atoms with Crippen LogP contribution in [-0.4, -0.2) is 81.1 Å². The summed E-state index contributed by atoms with van der Waals surface area (Å²) in [7, 11) is 0. The van der Waals surface area contributed by atoms with Crippen LogP contribution in [0, 0.1) is 0 Å². The Bertz CT molecular complexity index is 1050. The molecule has 1 fully saturated rings. The lowest BCUT2D eigenvalue weighted by atomic mass is 9.99. The number of amides is 2. The maximum absolute atomic E-state index is 12.9. The van der Waals surface area contributed by atoms with Gasteiger partial charge in [-0.3, -0.25) is 9.69 Å². The molecular weight excluding hydrogens is 474 g/mol. The van der Waals surface area contributed by atoms with Crippen LogP contribution in [0.2, 0.25) is 5.02 Å². The van der Waals surface area contributed by atoms with Crippen LogP contribution < -0.4 is 10.9 Å². The van der Waals surface area contributed by atoms with E-state index in [0.717, 1.165) is 32.4 Å². The molecule has 10 heteroatoms. The summed E-state index contributed by atoms with van der Waals surface area (Å²) >= 11 is 7.52. The summed E-state index contributed by atoms with van der Waals surface area (Å²) < 4.78 is 1.38. The molecule has 1 aromatic carbocycles. The lowest BCUT2D eigenvalue weighted by Gasteiger charge is -2.34. The third-order valence-electron chi connectivity index (χ3n) is 6.70. The number of aromatic nitrogens is 2. The summed E-state index contributed by atoms with van der Waals surface area (Å²) in [6, 6.07) is 9.55. The van der Waals surface area contributed by atoms with Crippen molar-refractivity contribution in [1.29, 1.82) is 0 Å². The third kappa shape index (κ3) is 5.94. The second kappa shape index (κ2) is 11.6. The van der Waals surface area contributed by atoms with Crippen molar-refractivity contribution in [2.45, 2.75) is 43.2 Å². The van der Waals surface area contributed by atoms with E-state index < -0.39 is 6.10 Å². The highest BCUT2D eigenvalue weighted by molar-refractivity contribution is 7.99. The number of aliphatic hydroxyl groups is 1. The predicted octanol–water partition coefficient (Wildman–Crippen LogP) is 2.39. The zero-order valence-corrected chi connectivity index (χ0v) is 21.0. The van der Waals surface area contributed by atoms with E-state index in [-0.39, 0.29) is 27.9 Å². The summed E-state index contributed by atoms with van der Waals surface area (Å²) in [6.45, 7) is 3.74. The van der Waals surface area contributed by atoms with Gasteiger partial charge in [0, 0.05) is 50.7 Å². The fourth-order valence-electron chi connectivity index (χ4n) is 4.77. The van der Waals surface area contributed by atoms with Crippen LogP contribution in [0.5, 0.6) is 0 Å². The number of hydrogen-bond donors (Lipinski definition) is 2. The van der Waals surface area contributed by atoms with Gasteiger partial charge in [-0.2, -0.15) is 16.9 Å². The number of rotatable bonds is 7. The topological polar surface area (TPSA) is 90.7 Å². The second-order valence-corrected chi connectivity index (χ2v) is 10.4. The first-order valence-electron chi connectivity index (χ1n) is 11.7. The van der Waals surface area contributed by atoms with Crippen LogP contribution in [-0.2, 0) is 13.0 Å². The first-order chi connectivity index (χ1) is 16.5. The summed E-state index contributed by atoms with van der Waals surface area (Å²) in [6.07, 6.45) is 5.45. The number of urea groups is 1. The van der Waals surface area contributed by atoms with Crippen molar-refractivity contribution >= 4 is 29.4 Å². The zero-order chi connectivity index (χ0) is 24.1. The molecule has 2 amide bonds. The number of carbonyl (C=O) groups excluding carboxylic acids is 1. The number of likely N-dealkylation sites (tertiary alicyclic amines) is 1. The number of benzene rings is 1. The monoisotopic (exact) mass is 505 g/mol. The van der Waals surface area contributed by atoms with Gasteiger partial charge in [-0.15, -0.1) is 0 Å². The molecule has 184 valence electrons. The van der Waals surface area contributed by atoms with E-state index >= 15 is 0 Å². The van der Waals surface area contributed by atoms with Gasteiger partial charge in [0.15, 0.2) is 0 Å². The van der Waals surface area contributed by atoms with Gasteiger partial charge in [-0.1, -0.05) is 35.9 Å². The van der Waals surface area contributed by atoms with Gasteiger partial charge in [0.05, 0.1) is 12.1 Å². The Morgan fingerprint density at radius 2 is 2.09 bits per heavy atom. The van der Waals surface area contributed by atoms with Gasteiger partial charge in [0.1, 0.15) is 5.02 Å². The van der Waals surface area contributed by atoms with Gasteiger partial charge in [-0.05, 0) is 42.7 Å². The van der Waals surface area contributed by atoms with E-state index in [2.05, 4.69) is 39.6 Å². The van der Waals surface area contributed by atoms with Gasteiger partial charge < -0.3 is 15.3 Å². The molecule has 2 aromatic rings. The Morgan fingerprint density at radius 3 is 2.88 bits per heavy atom. The van der Waals surface area contributed by atoms with Crippen LogP contribution in [0.15, 0.2) is 41.3 Å². The van der Waals surface area contributed by atoms with Crippen LogP contribution in [0.3, 0.4) is 0 Å². The Hall–Kier alpha value is -2.07. The molecular formula is C24H32ClN5O3S. The number of fused-ring (bicyclic) bond motifs is 1. The molecule has 8 nitrogen and oxygen atoms in total. The molecule has 2 aliphatic rings. The molecule has 1 aromatic heterocycles. The highest BCUT2D eigenvalue weighted by Crippen LogP contribution is 2.22. The zero-order valence-electron chi connectivity index (χ0n) is 19.4. The number of halogens is 1. The molecule has 0 radical (unpaired) electrons. The largest absolute Gasteiger partial charge is 0.391 e. The molecule has 34 heavy (non-hydrogen) atoms. The summed E-state index contributed by atoms with van der Waals surface area (Å²) in [5, 5.41) is 18.1. The van der Waals surface area contributed by atoms with Crippen molar-refractivity contribution in [2.75, 3.05) is 39.0 Å². The van der Waals surface area contributed by atoms with Crippen molar-refractivity contribution in [3.05, 3.63) is 63.0 Å². The lowest BCUT2D eigenvalue weighted by Crippen LogP contribution is -2.50. The SMILES string of the molecule is CSC(CNC(=O)N1CCCC(n2nccc(Cl)c2=O)C1)C(O)CN1CCc2ccccc2C1. The molecule has 4 rings (SSSR count). The number of hydrogen-bond acceptors (Lipinski definition) is 6. The number of thioether (sulfide) groups is 1. The van der Waals surface area contributed by atoms with Crippen LogP contribution in [0.25, 0.3) is 0 Å². The number of carbonyl (C=O) groups is 1. The van der Waals surface area contributed by atoms with E-state index in [1.807, 2.05) is 6.26 Å². The quantitative estimate of drug-likeness (QED) is 0.600. The van der Waals surface area contributed by atoms with E-state index in [9.17, 15) is 14.7 Å². The minimum Gasteiger partial charge on any atom is -0.391 e. The van der Waals surface area contributed by atoms with Crippen molar-refractivity contribution in [3.63, 3.8) is 0 Å². The summed E-state index contributed by atoms with van der Waals surface area (Å²) in [4.78, 5) is 29.2. The number of piperidine rings is 1. The molecule has 0 bridgehead atoms. The lowest BCUT2D eigenvalue weighted by molar-refractivity contribution is 0.102. The van der Waals surface area contributed by atoms with E-state index in [4.69, 9.17) is 11.6 Å². The minimum atomic E-state index is -0.552. The van der Waals surface area contributed by atoms with Gasteiger partial charge >= 0.3 is 6.03 Å². The molecule has 3 unspecified atom stereocenters. The van der Waals surface area contributed by atoms with Crippen molar-refractivity contribution in [2.24, 2.45) is 0 Å². The first kappa shape index (κ1) is 25.0. The highest BCUT2D eigenvalue weighted by Gasteiger charge is 2.28. The molecule has 0 saturated carbocycles. The number of aliphatic hydroxyl groups excluding tert-OH is 1. The van der Waals surface area contributed by atoms with Crippen molar-refractivity contribution < 1.29 is 9.90 Å². The average molecular weight is 506 g/mol. The van der Waals surface area contributed by atoms with Crippen LogP contribution in [0.4, 0.5) is 4.79 Å². The third-order valence-corrected chi connectivity index (χ3v) is 8.07. The summed E-state index contributed by atoms with van der Waals surface area (Å²) in [5.41, 5.74) is 2.38. The van der Waals surface area contributed by atoms with Gasteiger partial charge in [0.25, 0.3) is 5.56 Å². The smallest absolute Gasteiger partial charge is 0.317 e. The maximum Gasteiger partial charge on any atom is 0.317 e. The van der Waals surface area contributed by atoms with E-state index in [0.29, 0.717) is 26.2 Å². The van der Waals surface area contributed by atoms with Crippen LogP contribution >= 0.6 is 23.4 Å². The number of nitrogens with one attached hydrogen (secondary N) is 1. The minimum absolute atomic E-state index is 0.112. The number of β-amino-alcohol motifs (C(OH)–C–C–N with tert-alkyl or cyclic N) is 1. The second-order valence-electron chi connectivity index (χ2n) is 8.95. The molecule has 0 aliphatic carbocycles. The Labute approximate surface area is 209 Å².